The zero-order valence-electron chi connectivity index (χ0n) is 8.59. The van der Waals surface area contributed by atoms with Crippen molar-refractivity contribution in [1.82, 2.24) is 0 Å². The Balaban J connectivity index is 2.71. The molecule has 2 nitrogen and oxygen atoms in total. The van der Waals surface area contributed by atoms with Crippen molar-refractivity contribution in [3.8, 4) is 0 Å². The molecule has 1 unspecified atom stereocenters. The van der Waals surface area contributed by atoms with Gasteiger partial charge in [-0.2, -0.15) is 0 Å². The van der Waals surface area contributed by atoms with Gasteiger partial charge >= 0.3 is 0 Å². The van der Waals surface area contributed by atoms with Gasteiger partial charge in [-0.3, -0.25) is 0 Å². The highest BCUT2D eigenvalue weighted by Gasteiger charge is 2.00. The lowest BCUT2D eigenvalue weighted by Crippen LogP contribution is -2.25. The van der Waals surface area contributed by atoms with Crippen LogP contribution in [0.15, 0.2) is 18.2 Å². The molecule has 0 radical (unpaired) electrons. The fourth-order valence-electron chi connectivity index (χ4n) is 1.21. The largest absolute Gasteiger partial charge is 0.383 e. The molecule has 0 aromatic heterocycles. The smallest absolute Gasteiger partial charge is 0.0373 e. The molecule has 0 aliphatic rings. The summed E-state index contributed by atoms with van der Waals surface area (Å²) in [5.74, 6) is 0. The Morgan fingerprint density at radius 2 is 2.08 bits per heavy atom. The van der Waals surface area contributed by atoms with Crippen molar-refractivity contribution in [2.45, 2.75) is 26.8 Å². The van der Waals surface area contributed by atoms with Crippen molar-refractivity contribution in [1.29, 1.82) is 0 Å². The monoisotopic (exact) mass is 178 g/mol. The lowest BCUT2D eigenvalue weighted by Gasteiger charge is -2.12. The molecule has 0 aliphatic carbocycles. The minimum absolute atomic E-state index is 0.194. The molecule has 0 saturated carbocycles. The zero-order chi connectivity index (χ0) is 9.84. The van der Waals surface area contributed by atoms with Crippen molar-refractivity contribution in [2.24, 2.45) is 5.73 Å². The first kappa shape index (κ1) is 10.1. The first-order valence-electron chi connectivity index (χ1n) is 4.67. The predicted molar refractivity (Wildman–Crippen MR) is 58.1 cm³/mol. The summed E-state index contributed by atoms with van der Waals surface area (Å²) in [5, 5.41) is 3.33. The van der Waals surface area contributed by atoms with Gasteiger partial charge in [-0.25, -0.2) is 0 Å². The summed E-state index contributed by atoms with van der Waals surface area (Å²) < 4.78 is 0. The lowest BCUT2D eigenvalue weighted by atomic mass is 10.1. The Kier molecular flexibility index (Phi) is 3.32. The average molecular weight is 178 g/mol. The number of benzene rings is 1. The number of aryl methyl sites for hydroxylation is 1. The molecule has 0 bridgehead atoms. The van der Waals surface area contributed by atoms with E-state index in [-0.39, 0.29) is 6.04 Å². The highest BCUT2D eigenvalue weighted by molar-refractivity contribution is 5.53. The second-order valence-electron chi connectivity index (χ2n) is 3.61. The molecule has 1 aromatic carbocycles. The van der Waals surface area contributed by atoms with Crippen LogP contribution in [0.5, 0.6) is 0 Å². The minimum Gasteiger partial charge on any atom is -0.383 e. The molecule has 0 fully saturated rings. The number of anilines is 1. The van der Waals surface area contributed by atoms with Gasteiger partial charge in [0.25, 0.3) is 0 Å². The fraction of sp³-hybridized carbons (Fsp3) is 0.455. The van der Waals surface area contributed by atoms with Crippen molar-refractivity contribution >= 4 is 5.69 Å². The van der Waals surface area contributed by atoms with Gasteiger partial charge in [0.15, 0.2) is 0 Å². The number of hydrogen-bond acceptors (Lipinski definition) is 2. The molecular formula is C11H18N2. The standard InChI is InChI=1S/C11H18N2/c1-8-5-4-6-11(10(8)3)13-7-9(2)12/h4-6,9,13H,7,12H2,1-3H3. The van der Waals surface area contributed by atoms with Crippen molar-refractivity contribution in [2.75, 3.05) is 11.9 Å². The van der Waals surface area contributed by atoms with Crippen LogP contribution in [-0.2, 0) is 0 Å². The van der Waals surface area contributed by atoms with E-state index in [0.717, 1.165) is 6.54 Å². The van der Waals surface area contributed by atoms with Gasteiger partial charge in [-0.1, -0.05) is 12.1 Å². The molecule has 13 heavy (non-hydrogen) atoms. The number of hydrogen-bond donors (Lipinski definition) is 2. The van der Waals surface area contributed by atoms with Crippen LogP contribution in [0, 0.1) is 13.8 Å². The first-order valence-corrected chi connectivity index (χ1v) is 4.67. The van der Waals surface area contributed by atoms with E-state index in [4.69, 9.17) is 5.73 Å². The third-order valence-corrected chi connectivity index (χ3v) is 2.22. The number of nitrogens with one attached hydrogen (secondary N) is 1. The summed E-state index contributed by atoms with van der Waals surface area (Å²) in [5.41, 5.74) is 9.48. The summed E-state index contributed by atoms with van der Waals surface area (Å²) in [6.45, 7) is 7.06. The van der Waals surface area contributed by atoms with Gasteiger partial charge in [-0.15, -0.1) is 0 Å². The van der Waals surface area contributed by atoms with E-state index < -0.39 is 0 Å². The summed E-state index contributed by atoms with van der Waals surface area (Å²) in [4.78, 5) is 0. The molecule has 0 spiro atoms. The molecule has 1 aromatic rings. The van der Waals surface area contributed by atoms with Gasteiger partial charge in [0, 0.05) is 18.3 Å². The lowest BCUT2D eigenvalue weighted by molar-refractivity contribution is 0.779. The zero-order valence-corrected chi connectivity index (χ0v) is 8.59. The average Bonchev–Trinajstić information content (AvgIpc) is 2.07. The maximum atomic E-state index is 5.67. The maximum absolute atomic E-state index is 5.67. The van der Waals surface area contributed by atoms with E-state index in [1.54, 1.807) is 0 Å². The van der Waals surface area contributed by atoms with Gasteiger partial charge in [0.05, 0.1) is 0 Å². The summed E-state index contributed by atoms with van der Waals surface area (Å²) in [6, 6.07) is 6.46. The molecule has 3 N–H and O–H groups in total. The maximum Gasteiger partial charge on any atom is 0.0373 e. The molecule has 0 saturated heterocycles. The van der Waals surface area contributed by atoms with Crippen LogP contribution in [0.25, 0.3) is 0 Å². The normalized spacial score (nSPS) is 12.6. The van der Waals surface area contributed by atoms with Crippen LogP contribution < -0.4 is 11.1 Å². The molecule has 1 rings (SSSR count). The topological polar surface area (TPSA) is 38.0 Å². The first-order chi connectivity index (χ1) is 6.11. The minimum atomic E-state index is 0.194. The highest BCUT2D eigenvalue weighted by Crippen LogP contribution is 2.17. The number of rotatable bonds is 3. The van der Waals surface area contributed by atoms with Gasteiger partial charge < -0.3 is 11.1 Å². The third kappa shape index (κ3) is 2.74. The van der Waals surface area contributed by atoms with E-state index in [1.807, 2.05) is 6.92 Å². The van der Waals surface area contributed by atoms with E-state index in [2.05, 4.69) is 37.4 Å². The molecular weight excluding hydrogens is 160 g/mol. The SMILES string of the molecule is Cc1cccc(NCC(C)N)c1C. The van der Waals surface area contributed by atoms with E-state index in [0.29, 0.717) is 0 Å². The molecule has 1 atom stereocenters. The van der Waals surface area contributed by atoms with E-state index in [9.17, 15) is 0 Å². The van der Waals surface area contributed by atoms with Crippen molar-refractivity contribution < 1.29 is 0 Å². The van der Waals surface area contributed by atoms with Crippen LogP contribution in [0.2, 0.25) is 0 Å². The van der Waals surface area contributed by atoms with Crippen LogP contribution >= 0.6 is 0 Å². The fourth-order valence-corrected chi connectivity index (χ4v) is 1.21. The quantitative estimate of drug-likeness (QED) is 0.743. The Labute approximate surface area is 80.1 Å². The van der Waals surface area contributed by atoms with Crippen molar-refractivity contribution in [3.63, 3.8) is 0 Å². The van der Waals surface area contributed by atoms with E-state index in [1.165, 1.54) is 16.8 Å². The third-order valence-electron chi connectivity index (χ3n) is 2.22. The number of nitrogens with two attached hydrogens (primary N) is 1. The van der Waals surface area contributed by atoms with Gasteiger partial charge in [0.1, 0.15) is 0 Å². The van der Waals surface area contributed by atoms with Crippen molar-refractivity contribution in [3.05, 3.63) is 29.3 Å². The van der Waals surface area contributed by atoms with Crippen LogP contribution in [0.3, 0.4) is 0 Å². The molecule has 72 valence electrons. The Morgan fingerprint density at radius 3 is 2.69 bits per heavy atom. The summed E-state index contributed by atoms with van der Waals surface area (Å²) >= 11 is 0. The Morgan fingerprint density at radius 1 is 1.38 bits per heavy atom. The molecule has 0 aliphatic heterocycles. The Hall–Kier alpha value is -1.02. The van der Waals surface area contributed by atoms with Crippen LogP contribution in [0.1, 0.15) is 18.1 Å². The molecule has 0 heterocycles. The Bertz CT molecular complexity index is 279. The van der Waals surface area contributed by atoms with Gasteiger partial charge in [0.2, 0.25) is 0 Å². The molecule has 0 amide bonds. The highest BCUT2D eigenvalue weighted by atomic mass is 14.9. The molecule has 2 heteroatoms. The van der Waals surface area contributed by atoms with Crippen LogP contribution in [-0.4, -0.2) is 12.6 Å². The van der Waals surface area contributed by atoms with E-state index >= 15 is 0 Å². The summed E-state index contributed by atoms with van der Waals surface area (Å²) in [7, 11) is 0. The summed E-state index contributed by atoms with van der Waals surface area (Å²) in [6.07, 6.45) is 0. The second kappa shape index (κ2) is 4.28. The van der Waals surface area contributed by atoms with Crippen LogP contribution in [0.4, 0.5) is 5.69 Å². The van der Waals surface area contributed by atoms with Gasteiger partial charge in [-0.05, 0) is 38.0 Å². The predicted octanol–water partition coefficient (Wildman–Crippen LogP) is 2.06. The second-order valence-corrected chi connectivity index (χ2v) is 3.61.